The van der Waals surface area contributed by atoms with Gasteiger partial charge in [0.05, 0.1) is 28.0 Å². The third-order valence-corrected chi connectivity index (χ3v) is 4.58. The van der Waals surface area contributed by atoms with Crippen molar-refractivity contribution in [3.05, 3.63) is 74.3 Å². The molecule has 28 heavy (non-hydrogen) atoms. The number of rotatable bonds is 6. The summed E-state index contributed by atoms with van der Waals surface area (Å²) in [4.78, 5) is 34.0. The summed E-state index contributed by atoms with van der Waals surface area (Å²) in [5, 5.41) is 22.6. The average Bonchev–Trinajstić information content (AvgIpc) is 2.59. The third-order valence-electron chi connectivity index (χ3n) is 4.27. The standard InChI is InChI=1S/C20H21ClN2O5/c1-20(2,3)13-6-4-12(5-7-13)17(11-18(24)25)22-19(26)15-9-8-14(23(27)28)10-16(15)21/h4-10,17H,11H2,1-3H3,(H,22,26)(H,24,25)/t17-/m0/s1. The number of halogens is 1. The lowest BCUT2D eigenvalue weighted by Gasteiger charge is -2.22. The number of hydrogen-bond acceptors (Lipinski definition) is 4. The molecule has 0 aliphatic heterocycles. The van der Waals surface area contributed by atoms with Crippen molar-refractivity contribution >= 4 is 29.2 Å². The first-order chi connectivity index (χ1) is 13.0. The molecule has 2 aromatic rings. The van der Waals surface area contributed by atoms with Gasteiger partial charge in [0.2, 0.25) is 0 Å². The zero-order valence-corrected chi connectivity index (χ0v) is 16.5. The van der Waals surface area contributed by atoms with E-state index in [1.54, 1.807) is 12.1 Å². The maximum atomic E-state index is 12.6. The fourth-order valence-corrected chi connectivity index (χ4v) is 2.94. The number of nitrogens with zero attached hydrogens (tertiary/aromatic N) is 1. The molecule has 2 N–H and O–H groups in total. The van der Waals surface area contributed by atoms with Crippen LogP contribution in [0.2, 0.25) is 5.02 Å². The summed E-state index contributed by atoms with van der Waals surface area (Å²) in [5.74, 6) is -1.67. The summed E-state index contributed by atoms with van der Waals surface area (Å²) in [5.41, 5.74) is 1.46. The highest BCUT2D eigenvalue weighted by Crippen LogP contribution is 2.27. The van der Waals surface area contributed by atoms with E-state index >= 15 is 0 Å². The number of nitro groups is 1. The molecule has 0 fully saturated rings. The van der Waals surface area contributed by atoms with Crippen molar-refractivity contribution in [1.29, 1.82) is 0 Å². The summed E-state index contributed by atoms with van der Waals surface area (Å²) >= 11 is 5.99. The van der Waals surface area contributed by atoms with Gasteiger partial charge in [0.25, 0.3) is 11.6 Å². The monoisotopic (exact) mass is 404 g/mol. The number of non-ortho nitro benzene ring substituents is 1. The van der Waals surface area contributed by atoms with Crippen molar-refractivity contribution in [2.24, 2.45) is 0 Å². The molecule has 0 saturated carbocycles. The Morgan fingerprint density at radius 2 is 1.79 bits per heavy atom. The van der Waals surface area contributed by atoms with E-state index in [-0.39, 0.29) is 28.1 Å². The molecule has 0 unspecified atom stereocenters. The Morgan fingerprint density at radius 1 is 1.18 bits per heavy atom. The molecular weight excluding hydrogens is 384 g/mol. The number of nitro benzene ring substituents is 1. The van der Waals surface area contributed by atoms with Gasteiger partial charge < -0.3 is 10.4 Å². The second-order valence-corrected chi connectivity index (χ2v) is 7.82. The van der Waals surface area contributed by atoms with E-state index in [4.69, 9.17) is 11.6 Å². The zero-order chi connectivity index (χ0) is 21.1. The number of carbonyl (C=O) groups excluding carboxylic acids is 1. The van der Waals surface area contributed by atoms with Gasteiger partial charge in [-0.1, -0.05) is 56.6 Å². The van der Waals surface area contributed by atoms with Crippen molar-refractivity contribution in [2.75, 3.05) is 0 Å². The quantitative estimate of drug-likeness (QED) is 0.544. The highest BCUT2D eigenvalue weighted by Gasteiger charge is 2.22. The molecule has 1 atom stereocenters. The zero-order valence-electron chi connectivity index (χ0n) is 15.7. The molecule has 0 aliphatic carbocycles. The van der Waals surface area contributed by atoms with Crippen LogP contribution in [0.25, 0.3) is 0 Å². The van der Waals surface area contributed by atoms with Crippen LogP contribution in [0.4, 0.5) is 5.69 Å². The van der Waals surface area contributed by atoms with Gasteiger partial charge >= 0.3 is 5.97 Å². The molecule has 2 aromatic carbocycles. The fraction of sp³-hybridized carbons (Fsp3) is 0.300. The highest BCUT2D eigenvalue weighted by atomic mass is 35.5. The van der Waals surface area contributed by atoms with Crippen LogP contribution in [0.3, 0.4) is 0 Å². The predicted octanol–water partition coefficient (Wildman–Crippen LogP) is 4.49. The molecule has 0 aliphatic rings. The van der Waals surface area contributed by atoms with Crippen LogP contribution in [0, 0.1) is 10.1 Å². The highest BCUT2D eigenvalue weighted by molar-refractivity contribution is 6.34. The lowest BCUT2D eigenvalue weighted by Crippen LogP contribution is -2.30. The molecule has 1 amide bonds. The normalized spacial score (nSPS) is 12.3. The number of hydrogen-bond donors (Lipinski definition) is 2. The molecule has 0 saturated heterocycles. The first-order valence-corrected chi connectivity index (χ1v) is 8.94. The second kappa shape index (κ2) is 8.39. The van der Waals surface area contributed by atoms with Gasteiger partial charge in [0.1, 0.15) is 0 Å². The van der Waals surface area contributed by atoms with Gasteiger partial charge in [-0.15, -0.1) is 0 Å². The minimum Gasteiger partial charge on any atom is -0.481 e. The summed E-state index contributed by atoms with van der Waals surface area (Å²) in [6.45, 7) is 6.19. The van der Waals surface area contributed by atoms with Crippen molar-refractivity contribution in [2.45, 2.75) is 38.6 Å². The summed E-state index contributed by atoms with van der Waals surface area (Å²) in [6, 6.07) is 10.1. The molecule has 148 valence electrons. The Labute approximate surface area is 167 Å². The van der Waals surface area contributed by atoms with E-state index in [0.29, 0.717) is 5.56 Å². The molecular formula is C20H21ClN2O5. The van der Waals surface area contributed by atoms with Crippen LogP contribution < -0.4 is 5.32 Å². The van der Waals surface area contributed by atoms with Crippen molar-refractivity contribution in [1.82, 2.24) is 5.32 Å². The third kappa shape index (κ3) is 5.29. The van der Waals surface area contributed by atoms with E-state index in [0.717, 1.165) is 11.6 Å². The maximum Gasteiger partial charge on any atom is 0.305 e. The lowest BCUT2D eigenvalue weighted by molar-refractivity contribution is -0.384. The van der Waals surface area contributed by atoms with Crippen LogP contribution in [0.1, 0.15) is 54.7 Å². The minimum atomic E-state index is -1.07. The van der Waals surface area contributed by atoms with Crippen molar-refractivity contribution in [3.63, 3.8) is 0 Å². The number of carbonyl (C=O) groups is 2. The summed E-state index contributed by atoms with van der Waals surface area (Å²) in [6.07, 6.45) is -0.314. The number of carboxylic acids is 1. The van der Waals surface area contributed by atoms with E-state index < -0.39 is 22.8 Å². The molecule has 0 spiro atoms. The van der Waals surface area contributed by atoms with Crippen LogP contribution in [0.15, 0.2) is 42.5 Å². The number of carboxylic acid groups (broad SMARTS) is 1. The van der Waals surface area contributed by atoms with Crippen LogP contribution in [0.5, 0.6) is 0 Å². The van der Waals surface area contributed by atoms with Gasteiger partial charge in [-0.2, -0.15) is 0 Å². The molecule has 0 radical (unpaired) electrons. The van der Waals surface area contributed by atoms with Crippen LogP contribution in [-0.2, 0) is 10.2 Å². The first kappa shape index (κ1) is 21.4. The Morgan fingerprint density at radius 3 is 2.25 bits per heavy atom. The number of benzene rings is 2. The van der Waals surface area contributed by atoms with Crippen molar-refractivity contribution < 1.29 is 19.6 Å². The molecule has 0 heterocycles. The number of amides is 1. The van der Waals surface area contributed by atoms with E-state index in [1.807, 2.05) is 12.1 Å². The largest absolute Gasteiger partial charge is 0.481 e. The smallest absolute Gasteiger partial charge is 0.305 e. The van der Waals surface area contributed by atoms with Gasteiger partial charge in [-0.3, -0.25) is 19.7 Å². The average molecular weight is 405 g/mol. The SMILES string of the molecule is CC(C)(C)c1ccc([C@H](CC(=O)O)NC(=O)c2ccc([N+](=O)[O-])cc2Cl)cc1. The maximum absolute atomic E-state index is 12.6. The van der Waals surface area contributed by atoms with Crippen molar-refractivity contribution in [3.8, 4) is 0 Å². The number of aliphatic carboxylic acids is 1. The van der Waals surface area contributed by atoms with E-state index in [2.05, 4.69) is 26.1 Å². The van der Waals surface area contributed by atoms with E-state index in [9.17, 15) is 24.8 Å². The van der Waals surface area contributed by atoms with Gasteiger partial charge in [-0.25, -0.2) is 0 Å². The van der Waals surface area contributed by atoms with Gasteiger partial charge in [0, 0.05) is 12.1 Å². The Kier molecular flexibility index (Phi) is 6.41. The first-order valence-electron chi connectivity index (χ1n) is 8.56. The van der Waals surface area contributed by atoms with Gasteiger partial charge in [-0.05, 0) is 22.6 Å². The summed E-state index contributed by atoms with van der Waals surface area (Å²) in [7, 11) is 0. The molecule has 7 nitrogen and oxygen atoms in total. The van der Waals surface area contributed by atoms with Crippen LogP contribution >= 0.6 is 11.6 Å². The Balaban J connectivity index is 2.28. The molecule has 0 aromatic heterocycles. The van der Waals surface area contributed by atoms with Gasteiger partial charge in [0.15, 0.2) is 0 Å². The minimum absolute atomic E-state index is 0.0361. The predicted molar refractivity (Wildman–Crippen MR) is 106 cm³/mol. The number of nitrogens with one attached hydrogen (secondary N) is 1. The molecule has 0 bridgehead atoms. The Hall–Kier alpha value is -2.93. The topological polar surface area (TPSA) is 110 Å². The molecule has 8 heteroatoms. The van der Waals surface area contributed by atoms with Crippen LogP contribution in [-0.4, -0.2) is 21.9 Å². The Bertz CT molecular complexity index is 904. The second-order valence-electron chi connectivity index (χ2n) is 7.42. The summed E-state index contributed by atoms with van der Waals surface area (Å²) < 4.78 is 0. The molecule has 2 rings (SSSR count). The lowest BCUT2D eigenvalue weighted by atomic mass is 9.86. The van der Waals surface area contributed by atoms with E-state index in [1.165, 1.54) is 12.1 Å². The fourth-order valence-electron chi connectivity index (χ4n) is 2.68.